The smallest absolute Gasteiger partial charge is 0.248 e. The molecule has 1 amide bonds. The van der Waals surface area contributed by atoms with E-state index in [0.717, 1.165) is 4.47 Å². The Morgan fingerprint density at radius 2 is 1.88 bits per heavy atom. The highest BCUT2D eigenvalue weighted by molar-refractivity contribution is 9.10. The minimum Gasteiger partial charge on any atom is -0.450 e. The van der Waals surface area contributed by atoms with Crippen LogP contribution in [0.5, 0.6) is 0 Å². The molecule has 1 N–H and O–H groups in total. The summed E-state index contributed by atoms with van der Waals surface area (Å²) in [6, 6.07) is 11.8. The van der Waals surface area contributed by atoms with Crippen molar-refractivity contribution < 1.29 is 14.0 Å². The average molecular weight is 419 g/mol. The molecule has 6 heteroatoms. The Morgan fingerprint density at radius 3 is 2.56 bits per heavy atom. The third kappa shape index (κ3) is 3.67. The molecule has 0 atom stereocenters. The molecule has 3 rings (SSSR count). The Bertz CT molecular complexity index is 990. The van der Waals surface area contributed by atoms with Crippen molar-refractivity contribution in [1.82, 2.24) is 0 Å². The van der Waals surface area contributed by atoms with E-state index in [-0.39, 0.29) is 17.5 Å². The van der Waals surface area contributed by atoms with Crippen molar-refractivity contribution in [3.8, 4) is 0 Å². The number of hydrogen-bond acceptors (Lipinski definition) is 3. The summed E-state index contributed by atoms with van der Waals surface area (Å²) in [5.41, 5.74) is 1.28. The molecule has 0 unspecified atom stereocenters. The number of anilines is 1. The second-order valence-corrected chi connectivity index (χ2v) is 6.62. The molecule has 0 radical (unpaired) electrons. The summed E-state index contributed by atoms with van der Waals surface area (Å²) in [5.74, 6) is -0.594. The van der Waals surface area contributed by atoms with Gasteiger partial charge in [-0.25, -0.2) is 0 Å². The van der Waals surface area contributed by atoms with E-state index >= 15 is 0 Å². The molecule has 126 valence electrons. The third-order valence-electron chi connectivity index (χ3n) is 3.53. The molecule has 25 heavy (non-hydrogen) atoms. The third-order valence-corrected chi connectivity index (χ3v) is 4.27. The van der Waals surface area contributed by atoms with Crippen LogP contribution < -0.4 is 5.32 Å². The van der Waals surface area contributed by atoms with Gasteiger partial charge in [0.2, 0.25) is 11.7 Å². The maximum Gasteiger partial charge on any atom is 0.248 e. The average Bonchev–Trinajstić information content (AvgIpc) is 2.93. The van der Waals surface area contributed by atoms with E-state index in [4.69, 9.17) is 16.0 Å². The second-order valence-electron chi connectivity index (χ2n) is 5.27. The van der Waals surface area contributed by atoms with Crippen LogP contribution in [0.15, 0.2) is 63.5 Å². The summed E-state index contributed by atoms with van der Waals surface area (Å²) >= 11 is 9.27. The van der Waals surface area contributed by atoms with Crippen molar-refractivity contribution in [2.45, 2.75) is 6.92 Å². The monoisotopic (exact) mass is 417 g/mol. The van der Waals surface area contributed by atoms with Crippen LogP contribution in [0.4, 0.5) is 5.69 Å². The van der Waals surface area contributed by atoms with Gasteiger partial charge in [-0.15, -0.1) is 0 Å². The van der Waals surface area contributed by atoms with Crippen LogP contribution in [0.25, 0.3) is 11.0 Å². The zero-order valence-corrected chi connectivity index (χ0v) is 15.5. The maximum atomic E-state index is 12.9. The molecule has 0 fully saturated rings. The van der Waals surface area contributed by atoms with Gasteiger partial charge in [0.05, 0.1) is 5.69 Å². The first-order chi connectivity index (χ1) is 12.0. The molecule has 0 saturated carbocycles. The van der Waals surface area contributed by atoms with Crippen LogP contribution in [0.3, 0.4) is 0 Å². The lowest BCUT2D eigenvalue weighted by molar-refractivity contribution is -0.111. The van der Waals surface area contributed by atoms with E-state index in [1.165, 1.54) is 6.08 Å². The van der Waals surface area contributed by atoms with Gasteiger partial charge in [0.25, 0.3) is 0 Å². The molecule has 4 nitrogen and oxygen atoms in total. The van der Waals surface area contributed by atoms with E-state index in [2.05, 4.69) is 21.2 Å². The Hall–Kier alpha value is -2.37. The highest BCUT2D eigenvalue weighted by atomic mass is 79.9. The number of amides is 1. The lowest BCUT2D eigenvalue weighted by Gasteiger charge is -2.04. The first kappa shape index (κ1) is 17.5. The number of furan rings is 1. The van der Waals surface area contributed by atoms with Crippen molar-refractivity contribution in [3.05, 3.63) is 75.4 Å². The van der Waals surface area contributed by atoms with Crippen molar-refractivity contribution >= 4 is 55.9 Å². The molecule has 0 aliphatic rings. The zero-order valence-electron chi connectivity index (χ0n) is 13.2. The van der Waals surface area contributed by atoms with E-state index in [0.29, 0.717) is 27.2 Å². The highest BCUT2D eigenvalue weighted by Crippen LogP contribution is 2.34. The van der Waals surface area contributed by atoms with Crippen LogP contribution in [0.1, 0.15) is 23.0 Å². The van der Waals surface area contributed by atoms with Crippen molar-refractivity contribution in [1.29, 1.82) is 0 Å². The summed E-state index contributed by atoms with van der Waals surface area (Å²) in [5, 5.41) is 3.91. The fourth-order valence-electron chi connectivity index (χ4n) is 2.40. The van der Waals surface area contributed by atoms with E-state index in [1.807, 2.05) is 0 Å². The minimum absolute atomic E-state index is 0.0771. The molecule has 0 aliphatic carbocycles. The number of rotatable bonds is 4. The quantitative estimate of drug-likeness (QED) is 0.443. The number of carbonyl (C=O) groups is 2. The van der Waals surface area contributed by atoms with E-state index in [9.17, 15) is 9.59 Å². The van der Waals surface area contributed by atoms with Gasteiger partial charge in [0.1, 0.15) is 5.58 Å². The summed E-state index contributed by atoms with van der Waals surface area (Å²) < 4.78 is 6.55. The maximum absolute atomic E-state index is 12.9. The molecule has 1 heterocycles. The topological polar surface area (TPSA) is 59.3 Å². The number of halogens is 2. The van der Waals surface area contributed by atoms with Crippen LogP contribution in [0, 0.1) is 0 Å². The Balaban J connectivity index is 2.14. The lowest BCUT2D eigenvalue weighted by Crippen LogP contribution is -2.11. The Morgan fingerprint density at radius 1 is 1.16 bits per heavy atom. The van der Waals surface area contributed by atoms with Gasteiger partial charge in [-0.05, 0) is 55.5 Å². The summed E-state index contributed by atoms with van der Waals surface area (Å²) in [4.78, 5) is 24.9. The number of fused-ring (bicyclic) bond motifs is 1. The first-order valence-corrected chi connectivity index (χ1v) is 8.62. The first-order valence-electron chi connectivity index (χ1n) is 7.45. The Labute approximate surface area is 157 Å². The molecule has 3 aromatic rings. The standard InChI is InChI=1S/C19H13BrClNO3/c1-2-3-16(23)22-17-14-10-12(20)6-9-15(14)25-19(17)18(24)11-4-7-13(21)8-5-11/h2-10H,1H3,(H,22,23)/b3-2+. The summed E-state index contributed by atoms with van der Waals surface area (Å²) in [7, 11) is 0. The number of hydrogen-bond donors (Lipinski definition) is 1. The number of carbonyl (C=O) groups excluding carboxylic acids is 2. The summed E-state index contributed by atoms with van der Waals surface area (Å²) in [6.45, 7) is 1.74. The van der Waals surface area contributed by atoms with Crippen LogP contribution in [0.2, 0.25) is 5.02 Å². The molecule has 2 aromatic carbocycles. The van der Waals surface area contributed by atoms with E-state index in [1.54, 1.807) is 55.5 Å². The number of ketones is 1. The predicted molar refractivity (Wildman–Crippen MR) is 102 cm³/mol. The fourth-order valence-corrected chi connectivity index (χ4v) is 2.89. The molecular formula is C19H13BrClNO3. The molecular weight excluding hydrogens is 406 g/mol. The van der Waals surface area contributed by atoms with Gasteiger partial charge in [-0.1, -0.05) is 33.6 Å². The largest absolute Gasteiger partial charge is 0.450 e. The number of benzene rings is 2. The predicted octanol–water partition coefficient (Wildman–Crippen LogP) is 5.59. The van der Waals surface area contributed by atoms with Crippen molar-refractivity contribution in [2.24, 2.45) is 0 Å². The fraction of sp³-hybridized carbons (Fsp3) is 0.0526. The molecule has 0 aliphatic heterocycles. The summed E-state index contributed by atoms with van der Waals surface area (Å²) in [6.07, 6.45) is 3.00. The Kier molecular flexibility index (Phi) is 5.06. The van der Waals surface area contributed by atoms with E-state index < -0.39 is 0 Å². The number of allylic oxidation sites excluding steroid dienone is 1. The van der Waals surface area contributed by atoms with Crippen LogP contribution in [-0.2, 0) is 4.79 Å². The van der Waals surface area contributed by atoms with Gasteiger partial charge in [0.15, 0.2) is 5.76 Å². The highest BCUT2D eigenvalue weighted by Gasteiger charge is 2.23. The molecule has 1 aromatic heterocycles. The van der Waals surface area contributed by atoms with Gasteiger partial charge in [-0.3, -0.25) is 9.59 Å². The second kappa shape index (κ2) is 7.25. The normalized spacial score (nSPS) is 11.2. The van der Waals surface area contributed by atoms with Crippen molar-refractivity contribution in [3.63, 3.8) is 0 Å². The minimum atomic E-state index is -0.338. The molecule has 0 bridgehead atoms. The van der Waals surface area contributed by atoms with Crippen molar-refractivity contribution in [2.75, 3.05) is 5.32 Å². The zero-order chi connectivity index (χ0) is 18.0. The van der Waals surface area contributed by atoms with Gasteiger partial charge < -0.3 is 9.73 Å². The molecule has 0 spiro atoms. The van der Waals surface area contributed by atoms with Gasteiger partial charge in [-0.2, -0.15) is 0 Å². The SMILES string of the molecule is C/C=C/C(=O)Nc1c(C(=O)c2ccc(Cl)cc2)oc2ccc(Br)cc12. The lowest BCUT2D eigenvalue weighted by atomic mass is 10.1. The van der Waals surface area contributed by atoms with Crippen LogP contribution in [-0.4, -0.2) is 11.7 Å². The molecule has 0 saturated heterocycles. The van der Waals surface area contributed by atoms with Gasteiger partial charge in [0, 0.05) is 20.4 Å². The van der Waals surface area contributed by atoms with Gasteiger partial charge >= 0.3 is 0 Å². The number of nitrogens with one attached hydrogen (secondary N) is 1. The van der Waals surface area contributed by atoms with Crippen LogP contribution >= 0.6 is 27.5 Å².